The molecule has 0 radical (unpaired) electrons. The molecule has 0 spiro atoms. The first-order valence-electron chi connectivity index (χ1n) is 10.5. The lowest BCUT2D eigenvalue weighted by Crippen LogP contribution is -2.71. The van der Waals surface area contributed by atoms with E-state index in [4.69, 9.17) is 16.4 Å². The molecule has 194 valence electrons. The van der Waals surface area contributed by atoms with Crippen LogP contribution in [0.25, 0.3) is 0 Å². The van der Waals surface area contributed by atoms with Crippen molar-refractivity contribution in [1.29, 1.82) is 0 Å². The standard InChI is InChI=1S/C21H19ClN6O6S3/c1-35-10-34-26-13(12-16(22)37-21(25-12)23-9-29)17(30)24-14-18(31)28-15(20(32)33)11(8-36-19(14)28)7-27-5-3-2-4-6-27/h2-6,9,14,19H,7-8,10H2,1H3,(H2-,23,24,25,29,30,32,33)/t14?,19-/m1/s1. The molecule has 2 aliphatic rings. The van der Waals surface area contributed by atoms with E-state index in [0.29, 0.717) is 17.7 Å². The first-order chi connectivity index (χ1) is 17.8. The minimum Gasteiger partial charge on any atom is -0.543 e. The Morgan fingerprint density at radius 2 is 2.16 bits per heavy atom. The van der Waals surface area contributed by atoms with Crippen molar-refractivity contribution in [2.24, 2.45) is 5.16 Å². The highest BCUT2D eigenvalue weighted by Gasteiger charge is 2.53. The summed E-state index contributed by atoms with van der Waals surface area (Å²) in [7, 11) is 0. The summed E-state index contributed by atoms with van der Waals surface area (Å²) in [5.41, 5.74) is -0.00198. The Hall–Kier alpha value is -3.14. The fourth-order valence-electron chi connectivity index (χ4n) is 3.66. The second kappa shape index (κ2) is 11.9. The van der Waals surface area contributed by atoms with Crippen molar-refractivity contribution in [1.82, 2.24) is 15.2 Å². The number of oxime groups is 1. The number of pyridine rings is 1. The van der Waals surface area contributed by atoms with Gasteiger partial charge in [0.2, 0.25) is 6.41 Å². The summed E-state index contributed by atoms with van der Waals surface area (Å²) in [4.78, 5) is 59.3. The van der Waals surface area contributed by atoms with Gasteiger partial charge in [-0.3, -0.25) is 19.3 Å². The third-order valence-corrected chi connectivity index (χ3v) is 8.08. The molecular weight excluding hydrogens is 564 g/mol. The van der Waals surface area contributed by atoms with Gasteiger partial charge in [-0.1, -0.05) is 34.2 Å². The van der Waals surface area contributed by atoms with Crippen LogP contribution in [0.3, 0.4) is 0 Å². The maximum absolute atomic E-state index is 13.2. The van der Waals surface area contributed by atoms with Crippen molar-refractivity contribution < 1.29 is 33.7 Å². The lowest BCUT2D eigenvalue weighted by atomic mass is 10.0. The second-order valence-corrected chi connectivity index (χ2v) is 11.0. The van der Waals surface area contributed by atoms with Crippen molar-refractivity contribution in [2.75, 3.05) is 23.3 Å². The Kier molecular flexibility index (Phi) is 8.68. The number of thioether (sulfide) groups is 2. The highest BCUT2D eigenvalue weighted by Crippen LogP contribution is 2.40. The van der Waals surface area contributed by atoms with Gasteiger partial charge >= 0.3 is 0 Å². The number of carboxylic acids is 1. The van der Waals surface area contributed by atoms with Crippen molar-refractivity contribution in [2.45, 2.75) is 18.0 Å². The fraction of sp³-hybridized carbons (Fsp3) is 0.286. The van der Waals surface area contributed by atoms with Gasteiger partial charge in [0, 0.05) is 23.5 Å². The summed E-state index contributed by atoms with van der Waals surface area (Å²) in [5.74, 6) is -2.41. The largest absolute Gasteiger partial charge is 0.543 e. The number of carbonyl (C=O) groups excluding carboxylic acids is 4. The van der Waals surface area contributed by atoms with Crippen LogP contribution in [0.4, 0.5) is 5.13 Å². The zero-order valence-corrected chi connectivity index (χ0v) is 22.3. The molecule has 12 nitrogen and oxygen atoms in total. The molecule has 0 bridgehead atoms. The fourth-order valence-corrected chi connectivity index (χ4v) is 6.16. The van der Waals surface area contributed by atoms with E-state index in [2.05, 4.69) is 20.8 Å². The molecule has 0 aliphatic carbocycles. The Morgan fingerprint density at radius 3 is 2.84 bits per heavy atom. The zero-order valence-electron chi connectivity index (χ0n) is 19.1. The van der Waals surface area contributed by atoms with Crippen LogP contribution in [0.1, 0.15) is 5.69 Å². The molecule has 1 fully saturated rings. The summed E-state index contributed by atoms with van der Waals surface area (Å²) in [6.07, 6.45) is 5.76. The molecule has 1 saturated heterocycles. The topological polar surface area (TPSA) is 157 Å². The number of aliphatic carboxylic acids is 1. The maximum atomic E-state index is 13.2. The number of nitrogens with zero attached hydrogens (tertiary/aromatic N) is 4. The van der Waals surface area contributed by atoms with Gasteiger partial charge in [0.1, 0.15) is 21.4 Å². The minimum absolute atomic E-state index is 0.0351. The number of nitrogens with one attached hydrogen (secondary N) is 2. The molecule has 0 saturated carbocycles. The molecule has 2 aromatic rings. The molecule has 2 atom stereocenters. The van der Waals surface area contributed by atoms with E-state index >= 15 is 0 Å². The molecule has 2 N–H and O–H groups in total. The van der Waals surface area contributed by atoms with E-state index in [0.717, 1.165) is 16.2 Å². The quantitative estimate of drug-likeness (QED) is 0.0696. The van der Waals surface area contributed by atoms with E-state index < -0.39 is 29.2 Å². The molecule has 1 unspecified atom stereocenters. The highest BCUT2D eigenvalue weighted by molar-refractivity contribution is 8.00. The van der Waals surface area contributed by atoms with Crippen LogP contribution in [0.5, 0.6) is 0 Å². The monoisotopic (exact) mass is 582 g/mol. The highest BCUT2D eigenvalue weighted by atomic mass is 35.5. The number of β-lactam (4-membered cyclic amide) rings is 1. The molecular formula is C21H19ClN6O6S3. The molecule has 2 aromatic heterocycles. The van der Waals surface area contributed by atoms with Crippen LogP contribution < -0.4 is 20.3 Å². The number of carbonyl (C=O) groups is 4. The number of fused-ring (bicyclic) bond motifs is 1. The smallest absolute Gasteiger partial charge is 0.276 e. The lowest BCUT2D eigenvalue weighted by Gasteiger charge is -2.50. The van der Waals surface area contributed by atoms with Crippen molar-refractivity contribution in [3.05, 3.63) is 51.9 Å². The number of rotatable bonds is 11. The van der Waals surface area contributed by atoms with Crippen molar-refractivity contribution in [3.63, 3.8) is 0 Å². The van der Waals surface area contributed by atoms with Crippen LogP contribution in [-0.2, 0) is 30.6 Å². The maximum Gasteiger partial charge on any atom is 0.276 e. The number of carboxylic acid groups (broad SMARTS) is 1. The first-order valence-corrected chi connectivity index (χ1v) is 14.2. The third kappa shape index (κ3) is 5.74. The van der Waals surface area contributed by atoms with Crippen LogP contribution in [-0.4, -0.2) is 69.2 Å². The SMILES string of the molecule is CSCON=C(C(=O)NC1C(=O)N2C(C(=O)[O-])=C(C[n+]3ccccc3)CS[C@H]12)c1nc(NC=O)sc1Cl. The van der Waals surface area contributed by atoms with Crippen LogP contribution in [0.2, 0.25) is 4.34 Å². The van der Waals surface area contributed by atoms with E-state index in [-0.39, 0.29) is 39.1 Å². The van der Waals surface area contributed by atoms with E-state index in [1.165, 1.54) is 23.5 Å². The van der Waals surface area contributed by atoms with Gasteiger partial charge in [0.15, 0.2) is 35.7 Å². The van der Waals surface area contributed by atoms with Gasteiger partial charge in [-0.25, -0.2) is 9.55 Å². The first kappa shape index (κ1) is 26.9. The van der Waals surface area contributed by atoms with Gasteiger partial charge in [0.05, 0.1) is 11.7 Å². The van der Waals surface area contributed by atoms with E-state index in [1.807, 2.05) is 18.2 Å². The summed E-state index contributed by atoms with van der Waals surface area (Å²) in [6.45, 7) is 0.272. The average molecular weight is 583 g/mol. The normalized spacial score (nSPS) is 19.1. The zero-order chi connectivity index (χ0) is 26.5. The molecule has 2 aliphatic heterocycles. The van der Waals surface area contributed by atoms with E-state index in [1.54, 1.807) is 23.2 Å². The number of aromatic nitrogens is 2. The summed E-state index contributed by atoms with van der Waals surface area (Å²) in [6, 6.07) is 4.44. The number of anilines is 1. The molecule has 3 amide bonds. The third-order valence-electron chi connectivity index (χ3n) is 5.21. The van der Waals surface area contributed by atoms with Gasteiger partial charge < -0.3 is 25.4 Å². The van der Waals surface area contributed by atoms with Crippen molar-refractivity contribution >= 4 is 81.5 Å². The summed E-state index contributed by atoms with van der Waals surface area (Å²) < 4.78 is 1.87. The van der Waals surface area contributed by atoms with Gasteiger partial charge in [-0.05, 0) is 6.26 Å². The Bertz CT molecular complexity index is 1290. The van der Waals surface area contributed by atoms with Gasteiger partial charge in [-0.2, -0.15) is 0 Å². The van der Waals surface area contributed by atoms with Crippen molar-refractivity contribution in [3.8, 4) is 0 Å². The number of thiazole rings is 1. The summed E-state index contributed by atoms with van der Waals surface area (Å²) >= 11 is 9.76. The van der Waals surface area contributed by atoms with Crippen LogP contribution >= 0.6 is 46.5 Å². The van der Waals surface area contributed by atoms with Crippen LogP contribution in [0, 0.1) is 0 Å². The predicted molar refractivity (Wildman–Crippen MR) is 137 cm³/mol. The molecule has 4 rings (SSSR count). The van der Waals surface area contributed by atoms with Gasteiger partial charge in [0.25, 0.3) is 11.8 Å². The number of amides is 3. The second-order valence-electron chi connectivity index (χ2n) is 7.53. The summed E-state index contributed by atoms with van der Waals surface area (Å²) in [5, 5.41) is 20.3. The number of halogens is 1. The predicted octanol–water partition coefficient (Wildman–Crippen LogP) is -0.202. The Balaban J connectivity index is 1.55. The molecule has 16 heteroatoms. The Morgan fingerprint density at radius 1 is 1.41 bits per heavy atom. The van der Waals surface area contributed by atoms with E-state index in [9.17, 15) is 24.3 Å². The number of hydrogen-bond donors (Lipinski definition) is 2. The molecule has 4 heterocycles. The van der Waals surface area contributed by atoms with Crippen LogP contribution in [0.15, 0.2) is 47.0 Å². The minimum atomic E-state index is -1.47. The molecule has 0 aromatic carbocycles. The average Bonchev–Trinajstić information content (AvgIpc) is 3.24. The lowest BCUT2D eigenvalue weighted by molar-refractivity contribution is -0.689. The molecule has 37 heavy (non-hydrogen) atoms. The van der Waals surface area contributed by atoms with Gasteiger partial charge in [-0.15, -0.1) is 23.5 Å². The number of hydrogen-bond acceptors (Lipinski definition) is 11. The Labute approximate surface area is 228 Å².